The molecule has 0 saturated carbocycles. The molecule has 0 fully saturated rings. The van der Waals surface area contributed by atoms with Crippen molar-refractivity contribution in [2.45, 2.75) is 60.1 Å². The lowest BCUT2D eigenvalue weighted by Gasteiger charge is -2.33. The molecule has 3 nitrogen and oxygen atoms in total. The van der Waals surface area contributed by atoms with Gasteiger partial charge in [0.2, 0.25) is 0 Å². The molecule has 1 aliphatic rings. The van der Waals surface area contributed by atoms with Crippen molar-refractivity contribution in [2.24, 2.45) is 17.8 Å². The van der Waals surface area contributed by atoms with Crippen LogP contribution in [0.3, 0.4) is 0 Å². The molecule has 2 heterocycles. The highest BCUT2D eigenvalue weighted by molar-refractivity contribution is 5.69. The predicted octanol–water partition coefficient (Wildman–Crippen LogP) is 5.16. The molecule has 2 aromatic rings. The summed E-state index contributed by atoms with van der Waals surface area (Å²) in [5.74, 6) is 1.01. The van der Waals surface area contributed by atoms with Gasteiger partial charge in [0.15, 0.2) is 0 Å². The SMILES string of the molecule is CC.CC(C)C[C@@H]([C@H](O)C(C)C)[C@@H]1c2ccccc2-c2cncn21. The Morgan fingerprint density at radius 3 is 2.42 bits per heavy atom. The first-order chi connectivity index (χ1) is 11.5. The molecule has 132 valence electrons. The molecular formula is C21H32N2O. The standard InChI is InChI=1S/C19H26N2O.C2H6/c1-12(2)9-16(19(22)13(3)4)18-15-8-6-5-7-14(15)17-10-20-11-21(17)18;1-2/h5-8,10-13,16,18-19,22H,9H2,1-4H3;1-2H3/t16-,18+,19-;/m1./s1. The van der Waals surface area contributed by atoms with Crippen LogP contribution in [-0.4, -0.2) is 20.8 Å². The van der Waals surface area contributed by atoms with Gasteiger partial charge in [-0.15, -0.1) is 0 Å². The summed E-state index contributed by atoms with van der Waals surface area (Å²) >= 11 is 0. The molecule has 0 bridgehead atoms. The minimum Gasteiger partial charge on any atom is -0.392 e. The van der Waals surface area contributed by atoms with Crippen molar-refractivity contribution in [2.75, 3.05) is 0 Å². The van der Waals surface area contributed by atoms with Crippen molar-refractivity contribution in [3.8, 4) is 11.3 Å². The number of aliphatic hydroxyl groups is 1. The fourth-order valence-corrected chi connectivity index (χ4v) is 3.80. The van der Waals surface area contributed by atoms with E-state index in [1.165, 1.54) is 16.8 Å². The van der Waals surface area contributed by atoms with Crippen LogP contribution in [0.25, 0.3) is 11.3 Å². The summed E-state index contributed by atoms with van der Waals surface area (Å²) in [6.45, 7) is 12.7. The predicted molar refractivity (Wildman–Crippen MR) is 101 cm³/mol. The summed E-state index contributed by atoms with van der Waals surface area (Å²) in [7, 11) is 0. The maximum Gasteiger partial charge on any atom is 0.0956 e. The van der Waals surface area contributed by atoms with E-state index >= 15 is 0 Å². The van der Waals surface area contributed by atoms with Crippen LogP contribution in [0, 0.1) is 17.8 Å². The number of aliphatic hydroxyl groups excluding tert-OH is 1. The minimum absolute atomic E-state index is 0.188. The van der Waals surface area contributed by atoms with E-state index in [2.05, 4.69) is 61.5 Å². The van der Waals surface area contributed by atoms with E-state index in [1.807, 2.05) is 26.4 Å². The van der Waals surface area contributed by atoms with Gasteiger partial charge < -0.3 is 9.67 Å². The van der Waals surface area contributed by atoms with Crippen LogP contribution in [0.5, 0.6) is 0 Å². The van der Waals surface area contributed by atoms with Crippen molar-refractivity contribution < 1.29 is 5.11 Å². The van der Waals surface area contributed by atoms with Gasteiger partial charge in [-0.1, -0.05) is 65.8 Å². The summed E-state index contributed by atoms with van der Waals surface area (Å²) in [5, 5.41) is 10.9. The molecule has 1 aliphatic heterocycles. The van der Waals surface area contributed by atoms with Gasteiger partial charge in [-0.2, -0.15) is 0 Å². The fraction of sp³-hybridized carbons (Fsp3) is 0.571. The van der Waals surface area contributed by atoms with Crippen LogP contribution in [0.1, 0.15) is 59.6 Å². The average molecular weight is 329 g/mol. The highest BCUT2D eigenvalue weighted by Crippen LogP contribution is 2.46. The Morgan fingerprint density at radius 1 is 1.12 bits per heavy atom. The summed E-state index contributed by atoms with van der Waals surface area (Å²) in [6, 6.07) is 8.73. The van der Waals surface area contributed by atoms with Crippen molar-refractivity contribution in [1.29, 1.82) is 0 Å². The molecule has 0 radical (unpaired) electrons. The van der Waals surface area contributed by atoms with Crippen LogP contribution in [0.2, 0.25) is 0 Å². The molecule has 0 aliphatic carbocycles. The number of hydrogen-bond acceptors (Lipinski definition) is 2. The Balaban J connectivity index is 0.00000100. The summed E-state index contributed by atoms with van der Waals surface area (Å²) in [5.41, 5.74) is 3.75. The number of aromatic nitrogens is 2. The Morgan fingerprint density at radius 2 is 1.79 bits per heavy atom. The minimum atomic E-state index is -0.311. The van der Waals surface area contributed by atoms with E-state index in [0.29, 0.717) is 5.92 Å². The van der Waals surface area contributed by atoms with Gasteiger partial charge in [-0.05, 0) is 23.8 Å². The van der Waals surface area contributed by atoms with Gasteiger partial charge in [0.25, 0.3) is 0 Å². The maximum absolute atomic E-state index is 10.9. The molecule has 0 spiro atoms. The largest absolute Gasteiger partial charge is 0.392 e. The Kier molecular flexibility index (Phi) is 6.22. The molecule has 0 amide bonds. The van der Waals surface area contributed by atoms with Crippen LogP contribution in [0.4, 0.5) is 0 Å². The highest BCUT2D eigenvalue weighted by atomic mass is 16.3. The lowest BCUT2D eigenvalue weighted by Crippen LogP contribution is -2.34. The average Bonchev–Trinajstić information content (AvgIpc) is 3.14. The molecule has 1 N–H and O–H groups in total. The van der Waals surface area contributed by atoms with E-state index in [9.17, 15) is 5.11 Å². The van der Waals surface area contributed by atoms with E-state index in [4.69, 9.17) is 0 Å². The van der Waals surface area contributed by atoms with Crippen LogP contribution in [-0.2, 0) is 0 Å². The van der Waals surface area contributed by atoms with Gasteiger partial charge in [0.1, 0.15) is 0 Å². The van der Waals surface area contributed by atoms with E-state index < -0.39 is 0 Å². The van der Waals surface area contributed by atoms with E-state index in [0.717, 1.165) is 6.42 Å². The second-order valence-corrected chi connectivity index (χ2v) is 7.25. The van der Waals surface area contributed by atoms with Gasteiger partial charge in [0, 0.05) is 11.5 Å². The van der Waals surface area contributed by atoms with E-state index in [-0.39, 0.29) is 24.0 Å². The van der Waals surface area contributed by atoms with Gasteiger partial charge >= 0.3 is 0 Å². The van der Waals surface area contributed by atoms with Crippen LogP contribution < -0.4 is 0 Å². The Labute approximate surface area is 146 Å². The highest BCUT2D eigenvalue weighted by Gasteiger charge is 2.38. The second-order valence-electron chi connectivity index (χ2n) is 7.25. The smallest absolute Gasteiger partial charge is 0.0956 e. The normalized spacial score (nSPS) is 18.0. The third-order valence-corrected chi connectivity index (χ3v) is 4.79. The van der Waals surface area contributed by atoms with Crippen molar-refractivity contribution in [1.82, 2.24) is 9.55 Å². The number of rotatable bonds is 5. The second kappa shape index (κ2) is 7.98. The first kappa shape index (κ1) is 18.7. The Bertz CT molecular complexity index is 645. The molecule has 0 saturated heterocycles. The zero-order valence-electron chi connectivity index (χ0n) is 15.9. The third kappa shape index (κ3) is 3.41. The van der Waals surface area contributed by atoms with Crippen molar-refractivity contribution >= 4 is 0 Å². The van der Waals surface area contributed by atoms with Crippen LogP contribution >= 0.6 is 0 Å². The zero-order valence-corrected chi connectivity index (χ0v) is 15.9. The van der Waals surface area contributed by atoms with E-state index in [1.54, 1.807) is 0 Å². The van der Waals surface area contributed by atoms with Gasteiger partial charge in [0.05, 0.1) is 30.4 Å². The molecule has 3 rings (SSSR count). The van der Waals surface area contributed by atoms with Crippen molar-refractivity contribution in [3.05, 3.63) is 42.4 Å². The summed E-state index contributed by atoms with van der Waals surface area (Å²) in [6.07, 6.45) is 4.55. The first-order valence-electron chi connectivity index (χ1n) is 9.30. The summed E-state index contributed by atoms with van der Waals surface area (Å²) in [4.78, 5) is 4.34. The number of nitrogens with zero attached hydrogens (tertiary/aromatic N) is 2. The van der Waals surface area contributed by atoms with Crippen molar-refractivity contribution in [3.63, 3.8) is 0 Å². The van der Waals surface area contributed by atoms with Crippen LogP contribution in [0.15, 0.2) is 36.8 Å². The topological polar surface area (TPSA) is 38.1 Å². The number of benzene rings is 1. The number of fused-ring (bicyclic) bond motifs is 3. The maximum atomic E-state index is 10.9. The fourth-order valence-electron chi connectivity index (χ4n) is 3.80. The lowest BCUT2D eigenvalue weighted by atomic mass is 9.79. The monoisotopic (exact) mass is 328 g/mol. The quantitative estimate of drug-likeness (QED) is 0.823. The number of imidazole rings is 1. The van der Waals surface area contributed by atoms with Gasteiger partial charge in [-0.25, -0.2) is 4.98 Å². The third-order valence-electron chi connectivity index (χ3n) is 4.79. The molecule has 1 aromatic carbocycles. The first-order valence-corrected chi connectivity index (χ1v) is 9.30. The Hall–Kier alpha value is -1.61. The molecule has 3 atom stereocenters. The molecule has 24 heavy (non-hydrogen) atoms. The lowest BCUT2D eigenvalue weighted by molar-refractivity contribution is 0.0364. The number of hydrogen-bond donors (Lipinski definition) is 1. The molecular weight excluding hydrogens is 296 g/mol. The zero-order chi connectivity index (χ0) is 17.9. The molecule has 1 aromatic heterocycles. The molecule has 3 heteroatoms. The summed E-state index contributed by atoms with van der Waals surface area (Å²) < 4.78 is 2.25. The van der Waals surface area contributed by atoms with Gasteiger partial charge in [-0.3, -0.25) is 0 Å². The molecule has 0 unspecified atom stereocenters.